The van der Waals surface area contributed by atoms with Crippen LogP contribution in [0.2, 0.25) is 0 Å². The molecular formula is C22H27N3O3S. The highest BCUT2D eigenvalue weighted by molar-refractivity contribution is 7.80. The Kier molecular flexibility index (Phi) is 8.61. The van der Waals surface area contributed by atoms with E-state index in [0.29, 0.717) is 29.1 Å². The van der Waals surface area contributed by atoms with Gasteiger partial charge >= 0.3 is 0 Å². The molecule has 1 atom stereocenters. The monoisotopic (exact) mass is 413 g/mol. The average Bonchev–Trinajstić information content (AvgIpc) is 2.72. The molecule has 2 aromatic rings. The Hall–Kier alpha value is -2.93. The molecule has 0 fully saturated rings. The van der Waals surface area contributed by atoms with Crippen LogP contribution in [0.1, 0.15) is 54.3 Å². The number of anilines is 1. The average molecular weight is 414 g/mol. The van der Waals surface area contributed by atoms with Crippen molar-refractivity contribution in [1.82, 2.24) is 10.6 Å². The lowest BCUT2D eigenvalue weighted by atomic mass is 10.1. The van der Waals surface area contributed by atoms with Crippen LogP contribution in [0.5, 0.6) is 5.75 Å². The van der Waals surface area contributed by atoms with E-state index in [2.05, 4.69) is 16.0 Å². The van der Waals surface area contributed by atoms with E-state index in [4.69, 9.17) is 17.0 Å². The van der Waals surface area contributed by atoms with Crippen molar-refractivity contribution in [2.75, 3.05) is 11.9 Å². The maximum Gasteiger partial charge on any atom is 0.257 e. The molecule has 1 unspecified atom stereocenters. The number of nitrogens with one attached hydrogen (secondary N) is 3. The highest BCUT2D eigenvalue weighted by atomic mass is 32.1. The smallest absolute Gasteiger partial charge is 0.257 e. The van der Waals surface area contributed by atoms with E-state index in [1.54, 1.807) is 42.5 Å². The maximum atomic E-state index is 12.5. The number of hydrogen-bond donors (Lipinski definition) is 3. The van der Waals surface area contributed by atoms with Crippen molar-refractivity contribution in [3.05, 3.63) is 59.7 Å². The second-order valence-corrected chi connectivity index (χ2v) is 6.98. The fraction of sp³-hybridized carbons (Fsp3) is 0.318. The number of para-hydroxylation sites is 1. The van der Waals surface area contributed by atoms with Gasteiger partial charge in [-0.2, -0.15) is 0 Å². The number of rotatable bonds is 8. The third-order valence-electron chi connectivity index (χ3n) is 4.19. The Morgan fingerprint density at radius 3 is 2.55 bits per heavy atom. The summed E-state index contributed by atoms with van der Waals surface area (Å²) in [7, 11) is 0. The first-order chi connectivity index (χ1) is 13.9. The van der Waals surface area contributed by atoms with Gasteiger partial charge in [-0.25, -0.2) is 0 Å². The van der Waals surface area contributed by atoms with Crippen LogP contribution in [0.3, 0.4) is 0 Å². The normalized spacial score (nSPS) is 11.3. The Labute approximate surface area is 177 Å². The lowest BCUT2D eigenvalue weighted by Gasteiger charge is -2.15. The van der Waals surface area contributed by atoms with Crippen molar-refractivity contribution in [2.45, 2.75) is 39.7 Å². The van der Waals surface area contributed by atoms with Crippen LogP contribution in [0.4, 0.5) is 5.69 Å². The molecule has 0 saturated carbocycles. The first kappa shape index (κ1) is 22.4. The van der Waals surface area contributed by atoms with E-state index in [1.807, 2.05) is 26.8 Å². The number of ether oxygens (including phenoxy) is 1. The molecule has 2 amide bonds. The van der Waals surface area contributed by atoms with Gasteiger partial charge in [0, 0.05) is 12.1 Å². The lowest BCUT2D eigenvalue weighted by molar-refractivity contribution is 0.0952. The summed E-state index contributed by atoms with van der Waals surface area (Å²) in [6.45, 7) is 6.58. The largest absolute Gasteiger partial charge is 0.491 e. The van der Waals surface area contributed by atoms with Gasteiger partial charge in [0.1, 0.15) is 5.75 Å². The summed E-state index contributed by atoms with van der Waals surface area (Å²) in [5.74, 6) is 0.0767. The topological polar surface area (TPSA) is 79.5 Å². The maximum absolute atomic E-state index is 12.5. The number of carbonyl (C=O) groups is 2. The van der Waals surface area contributed by atoms with Crippen LogP contribution >= 0.6 is 12.2 Å². The van der Waals surface area contributed by atoms with Crippen LogP contribution in [-0.2, 0) is 0 Å². The van der Waals surface area contributed by atoms with Crippen LogP contribution in [0, 0.1) is 0 Å². The van der Waals surface area contributed by atoms with Gasteiger partial charge in [0.15, 0.2) is 5.11 Å². The number of benzene rings is 2. The van der Waals surface area contributed by atoms with Gasteiger partial charge in [-0.3, -0.25) is 14.9 Å². The van der Waals surface area contributed by atoms with Crippen LogP contribution < -0.4 is 20.7 Å². The summed E-state index contributed by atoms with van der Waals surface area (Å²) in [5.41, 5.74) is 1.42. The number of amides is 2. The summed E-state index contributed by atoms with van der Waals surface area (Å²) in [5, 5.41) is 8.52. The Morgan fingerprint density at radius 1 is 1.07 bits per heavy atom. The molecule has 0 saturated heterocycles. The molecule has 0 heterocycles. The molecule has 29 heavy (non-hydrogen) atoms. The van der Waals surface area contributed by atoms with E-state index in [0.717, 1.165) is 12.8 Å². The van der Waals surface area contributed by atoms with Crippen molar-refractivity contribution < 1.29 is 14.3 Å². The standard InChI is InChI=1S/C22H27N3O3S/c1-4-13-23-21(27)18-11-6-7-12-19(18)24-22(29)25-20(26)16-9-8-10-17(14-16)28-15(3)5-2/h6-12,14-15H,4-5,13H2,1-3H3,(H,23,27)(H2,24,25,26,29). The fourth-order valence-electron chi connectivity index (χ4n) is 2.48. The Bertz CT molecular complexity index is 870. The molecule has 0 bridgehead atoms. The van der Waals surface area contributed by atoms with E-state index in [-0.39, 0.29) is 23.0 Å². The Balaban J connectivity index is 2.04. The van der Waals surface area contributed by atoms with Crippen LogP contribution in [0.15, 0.2) is 48.5 Å². The third kappa shape index (κ3) is 6.87. The molecule has 0 radical (unpaired) electrons. The summed E-state index contributed by atoms with van der Waals surface area (Å²) < 4.78 is 5.76. The second-order valence-electron chi connectivity index (χ2n) is 6.57. The highest BCUT2D eigenvalue weighted by Crippen LogP contribution is 2.17. The van der Waals surface area contributed by atoms with Gasteiger partial charge < -0.3 is 15.4 Å². The van der Waals surface area contributed by atoms with Crippen molar-refractivity contribution in [3.8, 4) is 5.75 Å². The molecule has 0 aromatic heterocycles. The van der Waals surface area contributed by atoms with Crippen molar-refractivity contribution >= 4 is 34.8 Å². The van der Waals surface area contributed by atoms with Gasteiger partial charge in [0.05, 0.1) is 17.4 Å². The van der Waals surface area contributed by atoms with Gasteiger partial charge in [-0.15, -0.1) is 0 Å². The lowest BCUT2D eigenvalue weighted by Crippen LogP contribution is -2.35. The van der Waals surface area contributed by atoms with Gasteiger partial charge in [0.25, 0.3) is 11.8 Å². The zero-order valence-corrected chi connectivity index (χ0v) is 17.8. The summed E-state index contributed by atoms with van der Waals surface area (Å²) >= 11 is 5.26. The minimum absolute atomic E-state index is 0.0615. The number of carbonyl (C=O) groups excluding carboxylic acids is 2. The van der Waals surface area contributed by atoms with E-state index >= 15 is 0 Å². The summed E-state index contributed by atoms with van der Waals surface area (Å²) in [4.78, 5) is 24.8. The van der Waals surface area contributed by atoms with Crippen molar-refractivity contribution in [2.24, 2.45) is 0 Å². The van der Waals surface area contributed by atoms with E-state index in [1.165, 1.54) is 0 Å². The summed E-state index contributed by atoms with van der Waals surface area (Å²) in [6.07, 6.45) is 1.78. The molecule has 0 aliphatic rings. The third-order valence-corrected chi connectivity index (χ3v) is 4.40. The Morgan fingerprint density at radius 2 is 1.83 bits per heavy atom. The van der Waals surface area contributed by atoms with E-state index < -0.39 is 0 Å². The van der Waals surface area contributed by atoms with Gasteiger partial charge in [-0.05, 0) is 62.3 Å². The second kappa shape index (κ2) is 11.2. The first-order valence-electron chi connectivity index (χ1n) is 9.70. The van der Waals surface area contributed by atoms with Crippen LogP contribution in [0.25, 0.3) is 0 Å². The SMILES string of the molecule is CCCNC(=O)c1ccccc1NC(=S)NC(=O)c1cccc(OC(C)CC)c1. The molecule has 0 aliphatic heterocycles. The van der Waals surface area contributed by atoms with E-state index in [9.17, 15) is 9.59 Å². The van der Waals surface area contributed by atoms with Gasteiger partial charge in [-0.1, -0.05) is 32.0 Å². The first-order valence-corrected chi connectivity index (χ1v) is 10.1. The minimum atomic E-state index is -0.356. The predicted octanol–water partition coefficient (Wildman–Crippen LogP) is 4.13. The zero-order valence-electron chi connectivity index (χ0n) is 17.0. The van der Waals surface area contributed by atoms with Crippen LogP contribution in [-0.4, -0.2) is 29.6 Å². The highest BCUT2D eigenvalue weighted by Gasteiger charge is 2.14. The quantitative estimate of drug-likeness (QED) is 0.567. The number of thiocarbonyl (C=S) groups is 1. The van der Waals surface area contributed by atoms with Gasteiger partial charge in [0.2, 0.25) is 0 Å². The van der Waals surface area contributed by atoms with Crippen molar-refractivity contribution in [1.29, 1.82) is 0 Å². The van der Waals surface area contributed by atoms with Crippen molar-refractivity contribution in [3.63, 3.8) is 0 Å². The predicted molar refractivity (Wildman–Crippen MR) is 120 cm³/mol. The zero-order chi connectivity index (χ0) is 21.2. The molecule has 7 heteroatoms. The fourth-order valence-corrected chi connectivity index (χ4v) is 2.68. The molecule has 0 aliphatic carbocycles. The molecule has 6 nitrogen and oxygen atoms in total. The molecular weight excluding hydrogens is 386 g/mol. The molecule has 3 N–H and O–H groups in total. The summed E-state index contributed by atoms with van der Waals surface area (Å²) in [6, 6.07) is 13.9. The minimum Gasteiger partial charge on any atom is -0.491 e. The molecule has 154 valence electrons. The molecule has 0 spiro atoms. The number of hydrogen-bond acceptors (Lipinski definition) is 4. The molecule has 2 aromatic carbocycles. The molecule has 2 rings (SSSR count).